The van der Waals surface area contributed by atoms with E-state index in [0.717, 1.165) is 10.9 Å². The summed E-state index contributed by atoms with van der Waals surface area (Å²) < 4.78 is 19.0. The normalized spacial score (nSPS) is 11.3. The molecule has 0 fully saturated rings. The van der Waals surface area contributed by atoms with Crippen molar-refractivity contribution in [2.24, 2.45) is 5.10 Å². The lowest BCUT2D eigenvalue weighted by atomic mass is 10.1. The van der Waals surface area contributed by atoms with Crippen LogP contribution < -0.4 is 15.0 Å². The molecule has 2 aromatic heterocycles. The molecule has 0 unspecified atom stereocenters. The number of furan rings is 1. The molecular formula is C34H25ClN4O6. The van der Waals surface area contributed by atoms with Crippen LogP contribution in [-0.4, -0.2) is 27.9 Å². The Morgan fingerprint density at radius 3 is 2.73 bits per heavy atom. The number of aromatic nitrogens is 2. The molecule has 2 heterocycles. The lowest BCUT2D eigenvalue weighted by Gasteiger charge is -2.16. The van der Waals surface area contributed by atoms with E-state index < -0.39 is 4.92 Å². The molecule has 0 aliphatic rings. The Kier molecular flexibility index (Phi) is 8.13. The molecule has 0 aliphatic carbocycles. The molecule has 10 nitrogen and oxygen atoms in total. The fourth-order valence-corrected chi connectivity index (χ4v) is 5.12. The number of nitro benzene ring substituents is 1. The standard InChI is InChI=1S/C34H25ClN4O6/c1-3-7-23-14-22(16-30(43-2)32(23)44-20-21-8-6-9-26(15-21)39(41)42)19-36-38-33(37-28-11-5-4-10-27(28)34(38)40)31-18-24-17-25(35)12-13-29(24)45-31/h3-6,8-19H,1,7,20H2,2H3. The summed E-state index contributed by atoms with van der Waals surface area (Å²) in [6, 6.07) is 23.8. The summed E-state index contributed by atoms with van der Waals surface area (Å²) in [5.41, 5.74) is 2.69. The van der Waals surface area contributed by atoms with E-state index in [2.05, 4.69) is 11.7 Å². The van der Waals surface area contributed by atoms with Gasteiger partial charge in [-0.15, -0.1) is 6.58 Å². The average molecular weight is 621 g/mol. The summed E-state index contributed by atoms with van der Waals surface area (Å²) in [5.74, 6) is 1.45. The molecule has 45 heavy (non-hydrogen) atoms. The fourth-order valence-electron chi connectivity index (χ4n) is 4.94. The van der Waals surface area contributed by atoms with Crippen LogP contribution in [0.1, 0.15) is 16.7 Å². The topological polar surface area (TPSA) is 122 Å². The minimum Gasteiger partial charge on any atom is -0.493 e. The minimum atomic E-state index is -0.451. The van der Waals surface area contributed by atoms with Gasteiger partial charge in [-0.05, 0) is 66.1 Å². The van der Waals surface area contributed by atoms with Crippen LogP contribution in [0.2, 0.25) is 5.02 Å². The average Bonchev–Trinajstić information content (AvgIpc) is 3.47. The number of hydrogen-bond acceptors (Lipinski definition) is 8. The Balaban J connectivity index is 1.40. The maximum Gasteiger partial charge on any atom is 0.282 e. The highest BCUT2D eigenvalue weighted by atomic mass is 35.5. The van der Waals surface area contributed by atoms with Gasteiger partial charge >= 0.3 is 0 Å². The number of halogens is 1. The van der Waals surface area contributed by atoms with Gasteiger partial charge in [-0.25, -0.2) is 4.98 Å². The number of non-ortho nitro benzene ring substituents is 1. The van der Waals surface area contributed by atoms with Crippen molar-refractivity contribution in [2.75, 3.05) is 7.11 Å². The first kappa shape index (κ1) is 29.3. The van der Waals surface area contributed by atoms with Crippen LogP contribution in [0.15, 0.2) is 112 Å². The molecule has 0 saturated heterocycles. The minimum absolute atomic E-state index is 0.0230. The lowest BCUT2D eigenvalue weighted by Crippen LogP contribution is -2.20. The second-order valence-corrected chi connectivity index (χ2v) is 10.5. The first-order chi connectivity index (χ1) is 21.8. The van der Waals surface area contributed by atoms with Crippen molar-refractivity contribution in [1.29, 1.82) is 0 Å². The van der Waals surface area contributed by atoms with Gasteiger partial charge in [-0.2, -0.15) is 9.78 Å². The zero-order valence-electron chi connectivity index (χ0n) is 24.0. The van der Waals surface area contributed by atoms with Gasteiger partial charge in [0.1, 0.15) is 12.2 Å². The van der Waals surface area contributed by atoms with Gasteiger partial charge < -0.3 is 13.9 Å². The first-order valence-electron chi connectivity index (χ1n) is 13.8. The molecule has 6 aromatic rings. The van der Waals surface area contributed by atoms with Crippen molar-refractivity contribution in [1.82, 2.24) is 9.66 Å². The second kappa shape index (κ2) is 12.5. The number of methoxy groups -OCH3 is 1. The summed E-state index contributed by atoms with van der Waals surface area (Å²) in [4.78, 5) is 29.2. The Morgan fingerprint density at radius 1 is 1.09 bits per heavy atom. The molecule has 0 saturated carbocycles. The molecule has 0 atom stereocenters. The zero-order chi connectivity index (χ0) is 31.5. The quantitative estimate of drug-likeness (QED) is 0.0670. The van der Waals surface area contributed by atoms with Crippen molar-refractivity contribution in [3.8, 4) is 23.1 Å². The van der Waals surface area contributed by atoms with Crippen LogP contribution in [0.4, 0.5) is 5.69 Å². The number of nitrogens with zero attached hydrogens (tertiary/aromatic N) is 4. The number of fused-ring (bicyclic) bond motifs is 2. The third-order valence-electron chi connectivity index (χ3n) is 7.02. The highest BCUT2D eigenvalue weighted by Crippen LogP contribution is 2.34. The molecule has 0 radical (unpaired) electrons. The van der Waals surface area contributed by atoms with Crippen molar-refractivity contribution in [3.63, 3.8) is 0 Å². The summed E-state index contributed by atoms with van der Waals surface area (Å²) in [6.07, 6.45) is 3.69. The molecule has 0 N–H and O–H groups in total. The summed E-state index contributed by atoms with van der Waals surface area (Å²) in [7, 11) is 1.51. The van der Waals surface area contributed by atoms with E-state index in [1.54, 1.807) is 72.8 Å². The third-order valence-corrected chi connectivity index (χ3v) is 7.25. The van der Waals surface area contributed by atoms with Gasteiger partial charge in [-0.1, -0.05) is 41.9 Å². The van der Waals surface area contributed by atoms with Gasteiger partial charge in [0.25, 0.3) is 11.2 Å². The number of allylic oxidation sites excluding steroid dienone is 1. The molecule has 0 aliphatic heterocycles. The third kappa shape index (κ3) is 6.04. The summed E-state index contributed by atoms with van der Waals surface area (Å²) >= 11 is 6.18. The van der Waals surface area contributed by atoms with E-state index in [0.29, 0.717) is 56.3 Å². The number of hydrogen-bond donors (Lipinski definition) is 0. The van der Waals surface area contributed by atoms with Crippen molar-refractivity contribution in [3.05, 3.63) is 140 Å². The SMILES string of the molecule is C=CCc1cc(C=Nn2c(-c3cc4cc(Cl)ccc4o3)nc3ccccc3c2=O)cc(OC)c1OCc1cccc([N+](=O)[O-])c1. The summed E-state index contributed by atoms with van der Waals surface area (Å²) in [6.45, 7) is 3.94. The first-order valence-corrected chi connectivity index (χ1v) is 14.2. The fraction of sp³-hybridized carbons (Fsp3) is 0.0882. The van der Waals surface area contributed by atoms with Crippen LogP contribution in [-0.2, 0) is 13.0 Å². The molecule has 4 aromatic carbocycles. The molecular weight excluding hydrogens is 596 g/mol. The molecule has 6 rings (SSSR count). The van der Waals surface area contributed by atoms with E-state index in [9.17, 15) is 14.9 Å². The molecule has 224 valence electrons. The van der Waals surface area contributed by atoms with Crippen molar-refractivity contribution >= 4 is 45.4 Å². The van der Waals surface area contributed by atoms with Crippen LogP contribution >= 0.6 is 11.6 Å². The smallest absolute Gasteiger partial charge is 0.282 e. The van der Waals surface area contributed by atoms with Gasteiger partial charge in [0.2, 0.25) is 5.82 Å². The number of benzene rings is 4. The van der Waals surface area contributed by atoms with E-state index in [1.165, 1.54) is 30.1 Å². The molecule has 0 bridgehead atoms. The van der Waals surface area contributed by atoms with Crippen molar-refractivity contribution < 1.29 is 18.8 Å². The Labute approximate surface area is 261 Å². The maximum atomic E-state index is 13.7. The second-order valence-electron chi connectivity index (χ2n) is 10.0. The number of nitro groups is 1. The van der Waals surface area contributed by atoms with Gasteiger partial charge in [-0.3, -0.25) is 14.9 Å². The van der Waals surface area contributed by atoms with E-state index in [-0.39, 0.29) is 23.7 Å². The summed E-state index contributed by atoms with van der Waals surface area (Å²) in [5, 5.41) is 17.5. The number of ether oxygens (including phenoxy) is 2. The van der Waals surface area contributed by atoms with Crippen LogP contribution in [0.3, 0.4) is 0 Å². The Hall–Kier alpha value is -5.74. The van der Waals surface area contributed by atoms with Gasteiger partial charge in [0, 0.05) is 28.1 Å². The van der Waals surface area contributed by atoms with E-state index in [4.69, 9.17) is 30.5 Å². The maximum absolute atomic E-state index is 13.7. The monoisotopic (exact) mass is 620 g/mol. The van der Waals surface area contributed by atoms with Crippen LogP contribution in [0.25, 0.3) is 33.5 Å². The molecule has 0 amide bonds. The zero-order valence-corrected chi connectivity index (χ0v) is 24.7. The van der Waals surface area contributed by atoms with E-state index >= 15 is 0 Å². The molecule has 0 spiro atoms. The predicted molar refractivity (Wildman–Crippen MR) is 174 cm³/mol. The lowest BCUT2D eigenvalue weighted by molar-refractivity contribution is -0.384. The highest BCUT2D eigenvalue weighted by Gasteiger charge is 2.18. The largest absolute Gasteiger partial charge is 0.493 e. The van der Waals surface area contributed by atoms with Crippen LogP contribution in [0, 0.1) is 10.1 Å². The van der Waals surface area contributed by atoms with Crippen molar-refractivity contribution in [2.45, 2.75) is 13.0 Å². The Morgan fingerprint density at radius 2 is 1.93 bits per heavy atom. The van der Waals surface area contributed by atoms with Crippen LogP contribution in [0.5, 0.6) is 11.5 Å². The number of para-hydroxylation sites is 1. The highest BCUT2D eigenvalue weighted by molar-refractivity contribution is 6.31. The Bertz CT molecular complexity index is 2190. The van der Waals surface area contributed by atoms with Gasteiger partial charge in [0.15, 0.2) is 17.3 Å². The predicted octanol–water partition coefficient (Wildman–Crippen LogP) is 7.57. The number of rotatable bonds is 10. The van der Waals surface area contributed by atoms with E-state index in [1.807, 2.05) is 6.07 Å². The van der Waals surface area contributed by atoms with Gasteiger partial charge in [0.05, 0.1) is 29.2 Å². The molecule has 11 heteroatoms.